The molecule has 1 aromatic carbocycles. The fourth-order valence-electron chi connectivity index (χ4n) is 2.08. The molecule has 0 aromatic heterocycles. The van der Waals surface area contributed by atoms with Crippen LogP contribution in [-0.2, 0) is 14.3 Å². The lowest BCUT2D eigenvalue weighted by atomic mass is 10.1. The van der Waals surface area contributed by atoms with Gasteiger partial charge in [-0.05, 0) is 18.2 Å². The van der Waals surface area contributed by atoms with Crippen LogP contribution in [-0.4, -0.2) is 25.5 Å². The highest BCUT2D eigenvalue weighted by Gasteiger charge is 2.36. The molecule has 1 aliphatic rings. The van der Waals surface area contributed by atoms with Gasteiger partial charge in [-0.15, -0.1) is 0 Å². The zero-order valence-corrected chi connectivity index (χ0v) is 10.2. The number of esters is 1. The van der Waals surface area contributed by atoms with E-state index in [1.54, 1.807) is 0 Å². The molecule has 2 rings (SSSR count). The van der Waals surface area contributed by atoms with Gasteiger partial charge in [0.2, 0.25) is 5.91 Å². The van der Waals surface area contributed by atoms with Gasteiger partial charge in [-0.25, -0.2) is 4.39 Å². The first-order valence-electron chi connectivity index (χ1n) is 5.64. The number of nitrogens with zero attached hydrogens (tertiary/aromatic N) is 2. The van der Waals surface area contributed by atoms with Crippen LogP contribution < -0.4 is 4.90 Å². The highest BCUT2D eigenvalue weighted by atomic mass is 19.1. The molecular formula is C13H11FN2O3. The predicted octanol–water partition coefficient (Wildman–Crippen LogP) is 1.22. The maximum absolute atomic E-state index is 13.3. The molecule has 19 heavy (non-hydrogen) atoms. The molecule has 1 unspecified atom stereocenters. The zero-order valence-electron chi connectivity index (χ0n) is 10.2. The molecule has 1 fully saturated rings. The summed E-state index contributed by atoms with van der Waals surface area (Å²) in [7, 11) is 1.26. The minimum Gasteiger partial charge on any atom is -0.469 e. The Morgan fingerprint density at radius 1 is 1.53 bits per heavy atom. The normalized spacial score (nSPS) is 18.3. The van der Waals surface area contributed by atoms with Gasteiger partial charge in [0.25, 0.3) is 0 Å². The van der Waals surface area contributed by atoms with Crippen molar-refractivity contribution in [3.63, 3.8) is 0 Å². The molecule has 1 heterocycles. The monoisotopic (exact) mass is 262 g/mol. The number of amides is 1. The molecule has 1 atom stereocenters. The number of nitriles is 1. The molecule has 0 bridgehead atoms. The highest BCUT2D eigenvalue weighted by molar-refractivity contribution is 5.99. The molecule has 0 radical (unpaired) electrons. The van der Waals surface area contributed by atoms with E-state index in [4.69, 9.17) is 5.26 Å². The van der Waals surface area contributed by atoms with Crippen molar-refractivity contribution in [1.29, 1.82) is 5.26 Å². The van der Waals surface area contributed by atoms with Crippen molar-refractivity contribution in [2.75, 3.05) is 18.6 Å². The van der Waals surface area contributed by atoms with E-state index in [9.17, 15) is 14.0 Å². The summed E-state index contributed by atoms with van der Waals surface area (Å²) in [6, 6.07) is 5.49. The average Bonchev–Trinajstić information content (AvgIpc) is 2.79. The molecule has 0 saturated carbocycles. The van der Waals surface area contributed by atoms with E-state index in [0.29, 0.717) is 0 Å². The van der Waals surface area contributed by atoms with E-state index in [2.05, 4.69) is 4.74 Å². The van der Waals surface area contributed by atoms with Crippen LogP contribution in [0, 0.1) is 23.1 Å². The lowest BCUT2D eigenvalue weighted by molar-refractivity contribution is -0.145. The van der Waals surface area contributed by atoms with Crippen molar-refractivity contribution in [1.82, 2.24) is 0 Å². The van der Waals surface area contributed by atoms with E-state index in [1.165, 1.54) is 24.1 Å². The van der Waals surface area contributed by atoms with Crippen molar-refractivity contribution in [2.45, 2.75) is 6.42 Å². The van der Waals surface area contributed by atoms with E-state index < -0.39 is 17.7 Å². The number of methoxy groups -OCH3 is 1. The van der Waals surface area contributed by atoms with Crippen molar-refractivity contribution < 1.29 is 18.7 Å². The molecular weight excluding hydrogens is 251 g/mol. The third kappa shape index (κ3) is 2.55. The Morgan fingerprint density at radius 2 is 2.26 bits per heavy atom. The smallest absolute Gasteiger partial charge is 0.311 e. The van der Waals surface area contributed by atoms with Gasteiger partial charge in [0.1, 0.15) is 5.82 Å². The SMILES string of the molecule is COC(=O)C1CC(=O)N(c2cc(F)cc(C#N)c2)C1. The topological polar surface area (TPSA) is 70.4 Å². The van der Waals surface area contributed by atoms with Crippen LogP contribution in [0.2, 0.25) is 0 Å². The number of ether oxygens (including phenoxy) is 1. The third-order valence-corrected chi connectivity index (χ3v) is 2.98. The first kappa shape index (κ1) is 13.0. The predicted molar refractivity (Wildman–Crippen MR) is 63.6 cm³/mol. The third-order valence-electron chi connectivity index (χ3n) is 2.98. The minimum absolute atomic E-state index is 0.0328. The summed E-state index contributed by atoms with van der Waals surface area (Å²) in [4.78, 5) is 24.5. The maximum Gasteiger partial charge on any atom is 0.311 e. The van der Waals surface area contributed by atoms with Gasteiger partial charge in [0.05, 0.1) is 24.7 Å². The van der Waals surface area contributed by atoms with Gasteiger partial charge in [-0.3, -0.25) is 9.59 Å². The Kier molecular flexibility index (Phi) is 3.47. The quantitative estimate of drug-likeness (QED) is 0.751. The molecule has 5 nitrogen and oxygen atoms in total. The number of hydrogen-bond donors (Lipinski definition) is 0. The summed E-state index contributed by atoms with van der Waals surface area (Å²) in [5.41, 5.74) is 0.414. The number of carbonyl (C=O) groups excluding carboxylic acids is 2. The van der Waals surface area contributed by atoms with Crippen molar-refractivity contribution in [2.24, 2.45) is 5.92 Å². The maximum atomic E-state index is 13.3. The van der Waals surface area contributed by atoms with Gasteiger partial charge in [0, 0.05) is 18.7 Å². The first-order chi connectivity index (χ1) is 9.05. The van der Waals surface area contributed by atoms with Crippen LogP contribution in [0.15, 0.2) is 18.2 Å². The van der Waals surface area contributed by atoms with Gasteiger partial charge in [-0.2, -0.15) is 5.26 Å². The lowest BCUT2D eigenvalue weighted by Gasteiger charge is -2.16. The molecule has 98 valence electrons. The van der Waals surface area contributed by atoms with Gasteiger partial charge in [0.15, 0.2) is 0 Å². The van der Waals surface area contributed by atoms with Crippen LogP contribution in [0.4, 0.5) is 10.1 Å². The standard InChI is InChI=1S/C13H11FN2O3/c1-19-13(18)9-4-12(17)16(7-9)11-3-8(6-15)2-10(14)5-11/h2-3,5,9H,4,7H2,1H3. The second-order valence-corrected chi connectivity index (χ2v) is 4.24. The van der Waals surface area contributed by atoms with Crippen LogP contribution >= 0.6 is 0 Å². The molecule has 1 amide bonds. The van der Waals surface area contributed by atoms with Gasteiger partial charge < -0.3 is 9.64 Å². The molecule has 6 heteroatoms. The molecule has 0 aliphatic carbocycles. The summed E-state index contributed by atoms with van der Waals surface area (Å²) in [6.45, 7) is 0.139. The van der Waals surface area contributed by atoms with E-state index in [-0.39, 0.29) is 30.1 Å². The molecule has 1 aromatic rings. The number of carbonyl (C=O) groups is 2. The Labute approximate surface area is 109 Å². The highest BCUT2D eigenvalue weighted by Crippen LogP contribution is 2.27. The second kappa shape index (κ2) is 5.06. The van der Waals surface area contributed by atoms with Gasteiger partial charge >= 0.3 is 5.97 Å². The summed E-state index contributed by atoms with van der Waals surface area (Å²) >= 11 is 0. The molecule has 1 aliphatic heterocycles. The fourth-order valence-corrected chi connectivity index (χ4v) is 2.08. The van der Waals surface area contributed by atoms with Crippen LogP contribution in [0.1, 0.15) is 12.0 Å². The van der Waals surface area contributed by atoms with Crippen molar-refractivity contribution in [3.05, 3.63) is 29.6 Å². The number of benzene rings is 1. The number of anilines is 1. The first-order valence-corrected chi connectivity index (χ1v) is 5.64. The minimum atomic E-state index is -0.594. The summed E-state index contributed by atoms with van der Waals surface area (Å²) in [5, 5.41) is 8.78. The lowest BCUT2D eigenvalue weighted by Crippen LogP contribution is -2.26. The van der Waals surface area contributed by atoms with Crippen molar-refractivity contribution in [3.8, 4) is 6.07 Å². The Hall–Kier alpha value is -2.42. The average molecular weight is 262 g/mol. The Bertz CT molecular complexity index is 580. The number of rotatable bonds is 2. The summed E-state index contributed by atoms with van der Waals surface area (Å²) in [5.74, 6) is -1.90. The van der Waals surface area contributed by atoms with Crippen LogP contribution in [0.25, 0.3) is 0 Å². The van der Waals surface area contributed by atoms with E-state index >= 15 is 0 Å². The largest absolute Gasteiger partial charge is 0.469 e. The van der Waals surface area contributed by atoms with E-state index in [1.807, 2.05) is 6.07 Å². The number of hydrogen-bond acceptors (Lipinski definition) is 4. The summed E-state index contributed by atoms with van der Waals surface area (Å²) < 4.78 is 17.9. The van der Waals surface area contributed by atoms with Gasteiger partial charge in [-0.1, -0.05) is 0 Å². The summed E-state index contributed by atoms with van der Waals surface area (Å²) in [6.07, 6.45) is 0.0328. The zero-order chi connectivity index (χ0) is 14.0. The Balaban J connectivity index is 2.28. The fraction of sp³-hybridized carbons (Fsp3) is 0.308. The molecule has 1 saturated heterocycles. The van der Waals surface area contributed by atoms with E-state index in [0.717, 1.165) is 6.07 Å². The van der Waals surface area contributed by atoms with Crippen LogP contribution in [0.3, 0.4) is 0 Å². The van der Waals surface area contributed by atoms with Crippen molar-refractivity contribution >= 4 is 17.6 Å². The van der Waals surface area contributed by atoms with Crippen LogP contribution in [0.5, 0.6) is 0 Å². The molecule has 0 spiro atoms. The molecule has 0 N–H and O–H groups in total. The Morgan fingerprint density at radius 3 is 2.89 bits per heavy atom. The number of halogens is 1. The second-order valence-electron chi connectivity index (χ2n) is 4.24.